The largest absolute Gasteiger partial charge is 0.385 e. The van der Waals surface area contributed by atoms with Gasteiger partial charge in [-0.1, -0.05) is 66.7 Å². The minimum absolute atomic E-state index is 0.164. The lowest BCUT2D eigenvalue weighted by Crippen LogP contribution is -2.33. The molecule has 0 unspecified atom stereocenters. The zero-order valence-corrected chi connectivity index (χ0v) is 22.2. The van der Waals surface area contributed by atoms with E-state index in [0.717, 1.165) is 42.7 Å². The van der Waals surface area contributed by atoms with Gasteiger partial charge in [-0.2, -0.15) is 0 Å². The maximum atomic E-state index is 13.3. The Labute approximate surface area is 229 Å². The molecule has 1 aliphatic rings. The Morgan fingerprint density at radius 1 is 0.821 bits per heavy atom. The molecule has 0 saturated heterocycles. The standard InChI is InChI=1S/C33H33N3O3/c1-39-21-7-19-34-33(38)30-22-29(16-17-31(30)36-20-18-25-10-5-6-11-28(25)23-36)35-32(37)27-14-12-26(13-15-27)24-8-3-2-4-9-24/h2-6,8-17,22H,7,18-21,23H2,1H3,(H,34,38)(H,35,37). The zero-order chi connectivity index (χ0) is 27.0. The molecule has 4 aromatic carbocycles. The van der Waals surface area contributed by atoms with Gasteiger partial charge in [0.2, 0.25) is 0 Å². The molecular weight excluding hydrogens is 486 g/mol. The first-order valence-corrected chi connectivity index (χ1v) is 13.3. The Bertz CT molecular complexity index is 1430. The number of amides is 2. The van der Waals surface area contributed by atoms with Crippen molar-refractivity contribution >= 4 is 23.2 Å². The highest BCUT2D eigenvalue weighted by Gasteiger charge is 2.22. The molecule has 0 fully saturated rings. The van der Waals surface area contributed by atoms with Crippen LogP contribution in [0, 0.1) is 0 Å². The number of carbonyl (C=O) groups excluding carboxylic acids is 2. The Hall–Kier alpha value is -4.42. The molecule has 0 radical (unpaired) electrons. The van der Waals surface area contributed by atoms with Gasteiger partial charge < -0.3 is 20.3 Å². The normalized spacial score (nSPS) is 12.5. The maximum absolute atomic E-state index is 13.3. The Balaban J connectivity index is 1.36. The molecule has 4 aromatic rings. The van der Waals surface area contributed by atoms with Crippen molar-refractivity contribution in [3.8, 4) is 11.1 Å². The van der Waals surface area contributed by atoms with Crippen molar-refractivity contribution in [1.29, 1.82) is 0 Å². The topological polar surface area (TPSA) is 70.7 Å². The van der Waals surface area contributed by atoms with Gasteiger partial charge in [0.15, 0.2) is 0 Å². The third kappa shape index (κ3) is 6.36. The van der Waals surface area contributed by atoms with E-state index in [-0.39, 0.29) is 11.8 Å². The van der Waals surface area contributed by atoms with E-state index < -0.39 is 0 Å². The summed E-state index contributed by atoms with van der Waals surface area (Å²) in [6.07, 6.45) is 1.65. The number of nitrogens with one attached hydrogen (secondary N) is 2. The summed E-state index contributed by atoms with van der Waals surface area (Å²) in [6, 6.07) is 31.6. The van der Waals surface area contributed by atoms with Gasteiger partial charge in [-0.25, -0.2) is 0 Å². The van der Waals surface area contributed by atoms with Crippen LogP contribution in [-0.2, 0) is 17.7 Å². The molecule has 0 spiro atoms. The van der Waals surface area contributed by atoms with E-state index in [4.69, 9.17) is 4.74 Å². The summed E-state index contributed by atoms with van der Waals surface area (Å²) >= 11 is 0. The summed E-state index contributed by atoms with van der Waals surface area (Å²) in [5.41, 5.74) is 7.30. The van der Waals surface area contributed by atoms with E-state index in [2.05, 4.69) is 39.8 Å². The number of ether oxygens (including phenoxy) is 1. The van der Waals surface area contributed by atoms with Crippen molar-refractivity contribution in [2.24, 2.45) is 0 Å². The van der Waals surface area contributed by atoms with Gasteiger partial charge >= 0.3 is 0 Å². The molecule has 0 bridgehead atoms. The number of rotatable bonds is 9. The summed E-state index contributed by atoms with van der Waals surface area (Å²) in [5.74, 6) is -0.385. The predicted molar refractivity (Wildman–Crippen MR) is 156 cm³/mol. The highest BCUT2D eigenvalue weighted by molar-refractivity contribution is 6.06. The Kier molecular flexibility index (Phi) is 8.34. The fourth-order valence-electron chi connectivity index (χ4n) is 4.93. The second kappa shape index (κ2) is 12.4. The summed E-state index contributed by atoms with van der Waals surface area (Å²) in [6.45, 7) is 2.65. The molecule has 2 N–H and O–H groups in total. The van der Waals surface area contributed by atoms with Crippen LogP contribution in [0.5, 0.6) is 0 Å². The number of hydrogen-bond acceptors (Lipinski definition) is 4. The van der Waals surface area contributed by atoms with Crippen molar-refractivity contribution in [1.82, 2.24) is 5.32 Å². The Morgan fingerprint density at radius 3 is 2.31 bits per heavy atom. The van der Waals surface area contributed by atoms with Crippen LogP contribution < -0.4 is 15.5 Å². The number of fused-ring (bicyclic) bond motifs is 1. The second-order valence-electron chi connectivity index (χ2n) is 9.67. The number of nitrogens with zero attached hydrogens (tertiary/aromatic N) is 1. The van der Waals surface area contributed by atoms with Crippen LogP contribution >= 0.6 is 0 Å². The van der Waals surface area contributed by atoms with Crippen LogP contribution in [0.1, 0.15) is 38.3 Å². The molecule has 0 saturated carbocycles. The molecule has 0 aliphatic carbocycles. The van der Waals surface area contributed by atoms with Gasteiger partial charge in [0, 0.05) is 50.3 Å². The third-order valence-corrected chi connectivity index (χ3v) is 7.04. The van der Waals surface area contributed by atoms with Crippen LogP contribution in [0.25, 0.3) is 11.1 Å². The fraction of sp³-hybridized carbons (Fsp3) is 0.212. The first-order valence-electron chi connectivity index (χ1n) is 13.3. The molecule has 5 rings (SSSR count). The first-order chi connectivity index (χ1) is 19.1. The van der Waals surface area contributed by atoms with Crippen molar-refractivity contribution in [2.45, 2.75) is 19.4 Å². The van der Waals surface area contributed by atoms with E-state index in [1.165, 1.54) is 11.1 Å². The number of anilines is 2. The fourth-order valence-corrected chi connectivity index (χ4v) is 4.93. The lowest BCUT2D eigenvalue weighted by molar-refractivity contribution is 0.0947. The molecule has 0 aromatic heterocycles. The quantitative estimate of drug-likeness (QED) is 0.269. The number of methoxy groups -OCH3 is 1. The predicted octanol–water partition coefficient (Wildman–Crippen LogP) is 5.93. The number of carbonyl (C=O) groups is 2. The molecule has 6 nitrogen and oxygen atoms in total. The van der Waals surface area contributed by atoms with Crippen molar-refractivity contribution in [2.75, 3.05) is 37.0 Å². The smallest absolute Gasteiger partial charge is 0.255 e. The SMILES string of the molecule is COCCCNC(=O)c1cc(NC(=O)c2ccc(-c3ccccc3)cc2)ccc1N1CCc2ccccc2C1. The summed E-state index contributed by atoms with van der Waals surface area (Å²) in [4.78, 5) is 28.6. The summed E-state index contributed by atoms with van der Waals surface area (Å²) < 4.78 is 5.11. The average molecular weight is 520 g/mol. The molecule has 1 aliphatic heterocycles. The molecule has 1 heterocycles. The van der Waals surface area contributed by atoms with Crippen LogP contribution in [0.3, 0.4) is 0 Å². The molecule has 6 heteroatoms. The van der Waals surface area contributed by atoms with Gasteiger partial charge in [-0.3, -0.25) is 9.59 Å². The van der Waals surface area contributed by atoms with Crippen molar-refractivity contribution < 1.29 is 14.3 Å². The zero-order valence-electron chi connectivity index (χ0n) is 22.2. The van der Waals surface area contributed by atoms with Crippen molar-refractivity contribution in [3.63, 3.8) is 0 Å². The van der Waals surface area contributed by atoms with Crippen LogP contribution in [0.2, 0.25) is 0 Å². The summed E-state index contributed by atoms with van der Waals surface area (Å²) in [7, 11) is 1.65. The lowest BCUT2D eigenvalue weighted by atomic mass is 9.98. The van der Waals surface area contributed by atoms with E-state index in [9.17, 15) is 9.59 Å². The molecular formula is C33H33N3O3. The van der Waals surface area contributed by atoms with E-state index in [1.807, 2.05) is 66.7 Å². The van der Waals surface area contributed by atoms with Crippen LogP contribution in [-0.4, -0.2) is 38.6 Å². The highest BCUT2D eigenvalue weighted by Crippen LogP contribution is 2.30. The van der Waals surface area contributed by atoms with Gasteiger partial charge in [0.05, 0.1) is 5.56 Å². The molecule has 0 atom stereocenters. The van der Waals surface area contributed by atoms with Crippen molar-refractivity contribution in [3.05, 3.63) is 119 Å². The molecule has 39 heavy (non-hydrogen) atoms. The highest BCUT2D eigenvalue weighted by atomic mass is 16.5. The third-order valence-electron chi connectivity index (χ3n) is 7.04. The van der Waals surface area contributed by atoms with Gasteiger partial charge in [0.25, 0.3) is 11.8 Å². The second-order valence-corrected chi connectivity index (χ2v) is 9.67. The molecule has 2 amide bonds. The monoisotopic (exact) mass is 519 g/mol. The van der Waals surface area contributed by atoms with Gasteiger partial charge in [0.1, 0.15) is 0 Å². The minimum atomic E-state index is -0.222. The number of benzene rings is 4. The molecule has 198 valence electrons. The lowest BCUT2D eigenvalue weighted by Gasteiger charge is -2.32. The van der Waals surface area contributed by atoms with Gasteiger partial charge in [-0.05, 0) is 65.4 Å². The minimum Gasteiger partial charge on any atom is -0.385 e. The van der Waals surface area contributed by atoms with Crippen LogP contribution in [0.4, 0.5) is 11.4 Å². The van der Waals surface area contributed by atoms with Crippen LogP contribution in [0.15, 0.2) is 97.1 Å². The van der Waals surface area contributed by atoms with Gasteiger partial charge in [-0.15, -0.1) is 0 Å². The number of hydrogen-bond donors (Lipinski definition) is 2. The van der Waals surface area contributed by atoms with E-state index in [1.54, 1.807) is 13.2 Å². The van der Waals surface area contributed by atoms with E-state index in [0.29, 0.717) is 30.0 Å². The Morgan fingerprint density at radius 2 is 1.54 bits per heavy atom. The maximum Gasteiger partial charge on any atom is 0.255 e. The van der Waals surface area contributed by atoms with E-state index >= 15 is 0 Å². The first kappa shape index (κ1) is 26.2. The summed E-state index contributed by atoms with van der Waals surface area (Å²) in [5, 5.41) is 5.99. The average Bonchev–Trinajstić information content (AvgIpc) is 2.99.